The van der Waals surface area contributed by atoms with Crippen LogP contribution in [-0.2, 0) is 0 Å². The minimum Gasteiger partial charge on any atom is -0.350 e. The minimum absolute atomic E-state index is 0.419. The van der Waals surface area contributed by atoms with Crippen LogP contribution in [0, 0.1) is 5.92 Å². The summed E-state index contributed by atoms with van der Waals surface area (Å²) in [5.74, 6) is 1.43. The molecule has 1 unspecified atom stereocenters. The summed E-state index contributed by atoms with van der Waals surface area (Å²) in [6.07, 6.45) is 8.19. The van der Waals surface area contributed by atoms with E-state index in [9.17, 15) is 0 Å². The molecule has 1 N–H and O–H groups in total. The summed E-state index contributed by atoms with van der Waals surface area (Å²) in [5.41, 5.74) is 4.65. The molecule has 1 saturated carbocycles. The highest BCUT2D eigenvalue weighted by molar-refractivity contribution is 5.83. The van der Waals surface area contributed by atoms with Gasteiger partial charge in [0.25, 0.3) is 0 Å². The van der Waals surface area contributed by atoms with E-state index < -0.39 is 0 Å². The van der Waals surface area contributed by atoms with Crippen molar-refractivity contribution >= 4 is 22.5 Å². The number of pyridine rings is 2. The topological polar surface area (TPSA) is 68.0 Å². The van der Waals surface area contributed by atoms with E-state index in [0.717, 1.165) is 33.7 Å². The molecule has 6 heteroatoms. The van der Waals surface area contributed by atoms with Gasteiger partial charge >= 0.3 is 0 Å². The summed E-state index contributed by atoms with van der Waals surface area (Å²) in [6, 6.07) is 10.3. The molecule has 1 aliphatic carbocycles. The number of fused-ring (bicyclic) bond motifs is 2. The molecule has 1 atom stereocenters. The second-order valence-corrected chi connectivity index (χ2v) is 6.65. The molecule has 4 aromatic rings. The third-order valence-electron chi connectivity index (χ3n) is 4.83. The Morgan fingerprint density at radius 2 is 2.04 bits per heavy atom. The van der Waals surface area contributed by atoms with Crippen LogP contribution in [0.2, 0.25) is 0 Å². The fraction of sp³-hybridized carbons (Fsp3) is 0.263. The Balaban J connectivity index is 1.52. The zero-order valence-corrected chi connectivity index (χ0v) is 13.9. The molecule has 4 aromatic heterocycles. The van der Waals surface area contributed by atoms with E-state index in [2.05, 4.69) is 27.3 Å². The van der Waals surface area contributed by atoms with Crippen molar-refractivity contribution in [2.24, 2.45) is 5.92 Å². The fourth-order valence-electron chi connectivity index (χ4n) is 3.21. The maximum Gasteiger partial charge on any atom is 0.241 e. The Kier molecular flexibility index (Phi) is 3.16. The van der Waals surface area contributed by atoms with Crippen LogP contribution in [0.25, 0.3) is 27.8 Å². The van der Waals surface area contributed by atoms with Gasteiger partial charge in [-0.3, -0.25) is 4.98 Å². The van der Waals surface area contributed by atoms with Crippen molar-refractivity contribution in [3.8, 4) is 11.3 Å². The number of hydrogen-bond acceptors (Lipinski definition) is 5. The predicted molar refractivity (Wildman–Crippen MR) is 97.3 cm³/mol. The van der Waals surface area contributed by atoms with Crippen molar-refractivity contribution in [1.29, 1.82) is 0 Å². The van der Waals surface area contributed by atoms with Crippen LogP contribution in [0.5, 0.6) is 0 Å². The predicted octanol–water partition coefficient (Wildman–Crippen LogP) is 3.55. The van der Waals surface area contributed by atoms with E-state index in [1.165, 1.54) is 12.8 Å². The van der Waals surface area contributed by atoms with Crippen LogP contribution < -0.4 is 5.32 Å². The normalized spacial score (nSPS) is 15.6. The molecule has 0 bridgehead atoms. The van der Waals surface area contributed by atoms with E-state index in [1.54, 1.807) is 6.20 Å². The molecular formula is C19H18N6. The highest BCUT2D eigenvalue weighted by Gasteiger charge is 2.28. The smallest absolute Gasteiger partial charge is 0.241 e. The van der Waals surface area contributed by atoms with Crippen molar-refractivity contribution in [1.82, 2.24) is 24.6 Å². The van der Waals surface area contributed by atoms with Crippen molar-refractivity contribution < 1.29 is 0 Å². The molecule has 25 heavy (non-hydrogen) atoms. The van der Waals surface area contributed by atoms with Gasteiger partial charge in [0, 0.05) is 24.0 Å². The van der Waals surface area contributed by atoms with Crippen LogP contribution in [-0.4, -0.2) is 30.6 Å². The molecule has 124 valence electrons. The standard InChI is InChI=1S/C19H18N6/c1-12(13-4-5-13)22-19-21-11-18-14(8-10-25(18)24-19)15-6-7-16-17(23-15)3-2-9-20-16/h2-3,6-13H,4-5H2,1H3,(H,22,24). The van der Waals surface area contributed by atoms with E-state index in [4.69, 9.17) is 4.98 Å². The lowest BCUT2D eigenvalue weighted by molar-refractivity contribution is 0.681. The molecule has 4 heterocycles. The number of nitrogens with one attached hydrogen (secondary N) is 1. The minimum atomic E-state index is 0.419. The highest BCUT2D eigenvalue weighted by atomic mass is 15.3. The average molecular weight is 330 g/mol. The van der Waals surface area contributed by atoms with E-state index in [-0.39, 0.29) is 0 Å². The summed E-state index contributed by atoms with van der Waals surface area (Å²) < 4.78 is 1.86. The Hall–Kier alpha value is -3.02. The maximum atomic E-state index is 4.72. The molecule has 1 aliphatic rings. The monoisotopic (exact) mass is 330 g/mol. The summed E-state index contributed by atoms with van der Waals surface area (Å²) in [4.78, 5) is 13.5. The number of aromatic nitrogens is 5. The molecule has 5 rings (SSSR count). The van der Waals surface area contributed by atoms with Crippen LogP contribution in [0.3, 0.4) is 0 Å². The second-order valence-electron chi connectivity index (χ2n) is 6.65. The van der Waals surface area contributed by atoms with Gasteiger partial charge in [0.15, 0.2) is 0 Å². The fourth-order valence-corrected chi connectivity index (χ4v) is 3.21. The van der Waals surface area contributed by atoms with Gasteiger partial charge in [-0.05, 0) is 56.0 Å². The Morgan fingerprint density at radius 1 is 1.12 bits per heavy atom. The van der Waals surface area contributed by atoms with Gasteiger partial charge in [-0.1, -0.05) is 0 Å². The molecular weight excluding hydrogens is 312 g/mol. The van der Waals surface area contributed by atoms with Crippen molar-refractivity contribution in [2.75, 3.05) is 5.32 Å². The quantitative estimate of drug-likeness (QED) is 0.620. The molecule has 0 saturated heterocycles. The summed E-state index contributed by atoms with van der Waals surface area (Å²) in [7, 11) is 0. The van der Waals surface area contributed by atoms with Gasteiger partial charge in [0.2, 0.25) is 5.95 Å². The first-order chi connectivity index (χ1) is 12.3. The molecule has 0 spiro atoms. The third kappa shape index (κ3) is 2.59. The van der Waals surface area contributed by atoms with E-state index in [0.29, 0.717) is 12.0 Å². The van der Waals surface area contributed by atoms with Crippen LogP contribution in [0.15, 0.2) is 48.9 Å². The number of hydrogen-bond donors (Lipinski definition) is 1. The molecule has 0 aliphatic heterocycles. The lowest BCUT2D eigenvalue weighted by Crippen LogP contribution is -2.19. The number of anilines is 1. The van der Waals surface area contributed by atoms with Crippen molar-refractivity contribution in [2.45, 2.75) is 25.8 Å². The van der Waals surface area contributed by atoms with Gasteiger partial charge in [-0.25, -0.2) is 14.5 Å². The lowest BCUT2D eigenvalue weighted by atomic mass is 10.1. The zero-order chi connectivity index (χ0) is 16.8. The summed E-state index contributed by atoms with van der Waals surface area (Å²) in [6.45, 7) is 2.19. The summed E-state index contributed by atoms with van der Waals surface area (Å²) >= 11 is 0. The third-order valence-corrected chi connectivity index (χ3v) is 4.83. The summed E-state index contributed by atoms with van der Waals surface area (Å²) in [5, 5.41) is 7.99. The highest BCUT2D eigenvalue weighted by Crippen LogP contribution is 2.33. The van der Waals surface area contributed by atoms with E-state index in [1.807, 2.05) is 47.2 Å². The van der Waals surface area contributed by atoms with Crippen LogP contribution in [0.1, 0.15) is 19.8 Å². The first-order valence-corrected chi connectivity index (χ1v) is 8.61. The van der Waals surface area contributed by atoms with E-state index >= 15 is 0 Å². The van der Waals surface area contributed by atoms with Crippen LogP contribution >= 0.6 is 0 Å². The van der Waals surface area contributed by atoms with Gasteiger partial charge in [0.05, 0.1) is 28.4 Å². The zero-order valence-electron chi connectivity index (χ0n) is 13.9. The van der Waals surface area contributed by atoms with Gasteiger partial charge in [-0.2, -0.15) is 0 Å². The average Bonchev–Trinajstić information content (AvgIpc) is 3.41. The van der Waals surface area contributed by atoms with Gasteiger partial charge in [-0.15, -0.1) is 5.10 Å². The van der Waals surface area contributed by atoms with Crippen molar-refractivity contribution in [3.05, 3.63) is 48.9 Å². The molecule has 6 nitrogen and oxygen atoms in total. The number of nitrogens with zero attached hydrogens (tertiary/aromatic N) is 5. The first-order valence-electron chi connectivity index (χ1n) is 8.61. The first kappa shape index (κ1) is 14.3. The van der Waals surface area contributed by atoms with Gasteiger partial charge < -0.3 is 5.32 Å². The molecule has 0 aromatic carbocycles. The largest absolute Gasteiger partial charge is 0.350 e. The van der Waals surface area contributed by atoms with Crippen molar-refractivity contribution in [3.63, 3.8) is 0 Å². The Bertz CT molecular complexity index is 1070. The molecule has 1 fully saturated rings. The van der Waals surface area contributed by atoms with Gasteiger partial charge in [0.1, 0.15) is 0 Å². The molecule has 0 radical (unpaired) electrons. The second kappa shape index (κ2) is 5.51. The molecule has 0 amide bonds. The maximum absolute atomic E-state index is 4.72. The number of rotatable bonds is 4. The lowest BCUT2D eigenvalue weighted by Gasteiger charge is -2.12. The Morgan fingerprint density at radius 3 is 2.92 bits per heavy atom. The van der Waals surface area contributed by atoms with Crippen LogP contribution in [0.4, 0.5) is 5.95 Å². The Labute approximate surface area is 145 Å². The SMILES string of the molecule is CC(Nc1ncc2c(-c3ccc4ncccc4n3)ccn2n1)C1CC1.